The Balaban J connectivity index is 0. The molecule has 0 spiro atoms. The van der Waals surface area contributed by atoms with Crippen LogP contribution in [0.2, 0.25) is 0 Å². The fourth-order valence-corrected chi connectivity index (χ4v) is 0. The van der Waals surface area contributed by atoms with Gasteiger partial charge in [-0.15, -0.1) is 11.6 Å². The first-order valence-electron chi connectivity index (χ1n) is 1.03. The van der Waals surface area contributed by atoms with Crippen molar-refractivity contribution in [3.63, 3.8) is 0 Å². The second kappa shape index (κ2) is 9.48. The number of alkyl halides is 4. The van der Waals surface area contributed by atoms with Crippen LogP contribution in [0.15, 0.2) is 0 Å². The van der Waals surface area contributed by atoms with Crippen LogP contribution in [0.4, 0.5) is 0 Å². The molecule has 4 heteroatoms. The minimum absolute atomic E-state index is 0.750. The smallest absolute Gasteiger partial charge is 0.130 e. The molecule has 0 aliphatic heterocycles. The van der Waals surface area contributed by atoms with Crippen molar-refractivity contribution < 1.29 is 0 Å². The molecule has 0 saturated heterocycles. The van der Waals surface area contributed by atoms with Gasteiger partial charge in [-0.05, 0) is 0 Å². The fraction of sp³-hybridized carbons (Fsp3) is 1.00. The van der Waals surface area contributed by atoms with Crippen molar-refractivity contribution in [1.29, 1.82) is 0 Å². The minimum Gasteiger partial charge on any atom is -0.130 e. The molecule has 0 heterocycles. The van der Waals surface area contributed by atoms with Crippen molar-refractivity contribution in [2.75, 3.05) is 6.38 Å². The van der Waals surface area contributed by atoms with E-state index in [0.29, 0.717) is 0 Å². The monoisotopic (exact) mass is 168 g/mol. The number of hydrogen-bond acceptors (Lipinski definition) is 0. The Bertz CT molecular complexity index is 10.3. The normalized spacial score (nSPS) is 7.00. The molecule has 0 radical (unpaired) electrons. The molecule has 0 N–H and O–H groups in total. The number of halogens is 4. The van der Waals surface area contributed by atoms with Gasteiger partial charge in [-0.2, -0.15) is 0 Å². The molecule has 0 aromatic heterocycles. The second-order valence-corrected chi connectivity index (χ2v) is 2.23. The molecule has 0 fully saturated rings. The zero-order chi connectivity index (χ0) is 5.58. The summed E-state index contributed by atoms with van der Waals surface area (Å²) in [6.07, 6.45) is 1.47. The van der Waals surface area contributed by atoms with E-state index < -0.39 is 4.30 Å². The van der Waals surface area contributed by atoms with E-state index in [0.717, 1.165) is 0 Å². The molecule has 40 valence electrons. The van der Waals surface area contributed by atoms with Gasteiger partial charge in [0, 0.05) is 6.38 Å². The Morgan fingerprint density at radius 2 is 1.00 bits per heavy atom. The van der Waals surface area contributed by atoms with Crippen LogP contribution < -0.4 is 0 Å². The molecule has 0 aliphatic carbocycles. The van der Waals surface area contributed by atoms with Gasteiger partial charge >= 0.3 is 0 Å². The Morgan fingerprint density at radius 3 is 1.00 bits per heavy atom. The maximum absolute atomic E-state index is 4.81. The third-order valence-corrected chi connectivity index (χ3v) is 0. The molecular formula is C2H4Cl4. The van der Waals surface area contributed by atoms with Crippen molar-refractivity contribution in [2.45, 2.75) is 4.30 Å². The Hall–Kier alpha value is 1.16. The van der Waals surface area contributed by atoms with Crippen LogP contribution in [0, 0.1) is 0 Å². The van der Waals surface area contributed by atoms with Gasteiger partial charge in [0.25, 0.3) is 0 Å². The molecule has 0 aromatic rings. The summed E-state index contributed by atoms with van der Waals surface area (Å²) in [7, 11) is 0. The predicted octanol–water partition coefficient (Wildman–Crippen LogP) is 2.84. The van der Waals surface area contributed by atoms with Crippen molar-refractivity contribution in [2.24, 2.45) is 0 Å². The van der Waals surface area contributed by atoms with Gasteiger partial charge in [0.15, 0.2) is 4.30 Å². The third kappa shape index (κ3) is 66.4. The van der Waals surface area contributed by atoms with E-state index in [9.17, 15) is 0 Å². The van der Waals surface area contributed by atoms with Crippen LogP contribution in [0.5, 0.6) is 0 Å². The lowest BCUT2D eigenvalue weighted by molar-refractivity contribution is 1.96. The van der Waals surface area contributed by atoms with Crippen LogP contribution in [-0.4, -0.2) is 10.7 Å². The van der Waals surface area contributed by atoms with Crippen LogP contribution in [-0.2, 0) is 0 Å². The fourth-order valence-electron chi connectivity index (χ4n) is 0. The van der Waals surface area contributed by atoms with Gasteiger partial charge in [-0.1, -0.05) is 34.8 Å². The molecule has 0 bridgehead atoms. The summed E-state index contributed by atoms with van der Waals surface area (Å²) in [6, 6.07) is 0. The molecule has 0 rings (SSSR count). The molecule has 0 saturated carbocycles. The number of rotatable bonds is 0. The van der Waals surface area contributed by atoms with E-state index in [2.05, 4.69) is 11.6 Å². The van der Waals surface area contributed by atoms with Crippen LogP contribution in [0.1, 0.15) is 0 Å². The average Bonchev–Trinajstić information content (AvgIpc) is 1.41. The topological polar surface area (TPSA) is 0 Å². The average molecular weight is 170 g/mol. The first kappa shape index (κ1) is 10.2. The summed E-state index contributed by atoms with van der Waals surface area (Å²) in [5, 5.41) is 0. The lowest BCUT2D eigenvalue weighted by Crippen LogP contribution is -1.55. The molecule has 0 aliphatic rings. The van der Waals surface area contributed by atoms with E-state index >= 15 is 0 Å². The second-order valence-electron chi connectivity index (χ2n) is 0.247. The SMILES string of the molecule is CCl.ClC(Cl)Cl. The maximum Gasteiger partial charge on any atom is 0.180 e. The summed E-state index contributed by atoms with van der Waals surface area (Å²) in [6.45, 7) is 0. The van der Waals surface area contributed by atoms with E-state index in [4.69, 9.17) is 34.8 Å². The van der Waals surface area contributed by atoms with Crippen LogP contribution in [0.3, 0.4) is 0 Å². The summed E-state index contributed by atoms with van der Waals surface area (Å²) < 4.78 is -0.750. The van der Waals surface area contributed by atoms with E-state index in [-0.39, 0.29) is 0 Å². The molecule has 0 amide bonds. The first-order valence-corrected chi connectivity index (χ1v) is 3.10. The highest BCUT2D eigenvalue weighted by molar-refractivity contribution is 6.63. The third-order valence-electron chi connectivity index (χ3n) is 0. The van der Waals surface area contributed by atoms with Crippen LogP contribution >= 0.6 is 46.4 Å². The first-order chi connectivity index (χ1) is 2.73. The summed E-state index contributed by atoms with van der Waals surface area (Å²) >= 11 is 19.1. The van der Waals surface area contributed by atoms with E-state index in [1.807, 2.05) is 0 Å². The highest BCUT2D eigenvalue weighted by Gasteiger charge is 1.78. The zero-order valence-electron chi connectivity index (χ0n) is 3.09. The van der Waals surface area contributed by atoms with E-state index in [1.54, 1.807) is 0 Å². The standard InChI is InChI=1S/CHCl3.CH3Cl/c2-1(3)4;1-2/h1H;1H3. The maximum atomic E-state index is 4.81. The van der Waals surface area contributed by atoms with Crippen molar-refractivity contribution in [3.8, 4) is 0 Å². The highest BCUT2D eigenvalue weighted by Crippen LogP contribution is 2.03. The largest absolute Gasteiger partial charge is 0.180 e. The predicted molar refractivity (Wildman–Crippen MR) is 33.1 cm³/mol. The number of hydrogen-bond donors (Lipinski definition) is 0. The molecule has 0 unspecified atom stereocenters. The van der Waals surface area contributed by atoms with Gasteiger partial charge in [0.05, 0.1) is 0 Å². The summed E-state index contributed by atoms with van der Waals surface area (Å²) in [5.74, 6) is 0. The van der Waals surface area contributed by atoms with Gasteiger partial charge in [-0.25, -0.2) is 0 Å². The quantitative estimate of drug-likeness (QED) is 0.490. The Morgan fingerprint density at radius 1 is 1.00 bits per heavy atom. The van der Waals surface area contributed by atoms with E-state index in [1.165, 1.54) is 6.38 Å². The lowest BCUT2D eigenvalue weighted by atomic mass is 11.9. The molecule has 0 nitrogen and oxygen atoms in total. The molecule has 0 atom stereocenters. The van der Waals surface area contributed by atoms with Gasteiger partial charge in [0.1, 0.15) is 0 Å². The molecule has 0 aromatic carbocycles. The van der Waals surface area contributed by atoms with Gasteiger partial charge < -0.3 is 0 Å². The highest BCUT2D eigenvalue weighted by atomic mass is 35.6. The van der Waals surface area contributed by atoms with Crippen LogP contribution in [0.25, 0.3) is 0 Å². The molecular weight excluding hydrogens is 166 g/mol. The van der Waals surface area contributed by atoms with Gasteiger partial charge in [-0.3, -0.25) is 0 Å². The Labute approximate surface area is 57.3 Å². The van der Waals surface area contributed by atoms with Crippen molar-refractivity contribution in [1.82, 2.24) is 0 Å². The Kier molecular flexibility index (Phi) is 16.1. The summed E-state index contributed by atoms with van der Waals surface area (Å²) in [5.41, 5.74) is 0. The molecule has 6 heavy (non-hydrogen) atoms. The summed E-state index contributed by atoms with van der Waals surface area (Å²) in [4.78, 5) is 0. The zero-order valence-corrected chi connectivity index (χ0v) is 6.11. The lowest BCUT2D eigenvalue weighted by Gasteiger charge is -1.69. The van der Waals surface area contributed by atoms with Crippen molar-refractivity contribution >= 4 is 46.4 Å². The van der Waals surface area contributed by atoms with Gasteiger partial charge in [0.2, 0.25) is 0 Å². The van der Waals surface area contributed by atoms with Crippen molar-refractivity contribution in [3.05, 3.63) is 0 Å². The minimum atomic E-state index is -0.750.